The third-order valence-electron chi connectivity index (χ3n) is 3.82. The Labute approximate surface area is 163 Å². The van der Waals surface area contributed by atoms with Crippen molar-refractivity contribution in [1.82, 2.24) is 10.2 Å². The first-order valence-electron chi connectivity index (χ1n) is 7.78. The van der Waals surface area contributed by atoms with Crippen LogP contribution in [0.2, 0.25) is 10.0 Å². The first-order valence-corrected chi connectivity index (χ1v) is 8.54. The summed E-state index contributed by atoms with van der Waals surface area (Å²) in [5.41, 5.74) is 1.18. The predicted octanol–water partition coefficient (Wildman–Crippen LogP) is 4.78. The normalized spacial score (nSPS) is 10.5. The lowest BCUT2D eigenvalue weighted by Crippen LogP contribution is -2.13. The van der Waals surface area contributed by atoms with Gasteiger partial charge in [-0.1, -0.05) is 29.3 Å². The van der Waals surface area contributed by atoms with Crippen LogP contribution in [0.3, 0.4) is 0 Å². The molecule has 0 atom stereocenters. The van der Waals surface area contributed by atoms with Crippen LogP contribution in [0, 0.1) is 24.1 Å². The van der Waals surface area contributed by atoms with E-state index in [9.17, 15) is 9.18 Å². The number of nitrogens with one attached hydrogen (secondary N) is 1. The van der Waals surface area contributed by atoms with Gasteiger partial charge in [-0.25, -0.2) is 9.49 Å². The van der Waals surface area contributed by atoms with Crippen molar-refractivity contribution < 1.29 is 9.13 Å². The van der Waals surface area contributed by atoms with Gasteiger partial charge in [0.25, 0.3) is 5.56 Å². The van der Waals surface area contributed by atoms with Crippen molar-refractivity contribution in [3.63, 3.8) is 0 Å². The third kappa shape index (κ3) is 4.11. The number of aromatic amines is 1. The predicted molar refractivity (Wildman–Crippen MR) is 100 cm³/mol. The second kappa shape index (κ2) is 7.78. The lowest BCUT2D eigenvalue weighted by Gasteiger charge is -2.12. The number of halogens is 3. The van der Waals surface area contributed by atoms with Crippen molar-refractivity contribution in [2.24, 2.45) is 0 Å². The van der Waals surface area contributed by atoms with Crippen molar-refractivity contribution in [3.05, 3.63) is 85.0 Å². The Morgan fingerprint density at radius 3 is 2.67 bits per heavy atom. The number of hydrogen-bond donors (Lipinski definition) is 1. The summed E-state index contributed by atoms with van der Waals surface area (Å²) < 4.78 is 20.5. The van der Waals surface area contributed by atoms with Gasteiger partial charge in [0.15, 0.2) is 11.6 Å². The number of nitriles is 1. The van der Waals surface area contributed by atoms with Gasteiger partial charge in [0, 0.05) is 18.1 Å². The zero-order chi connectivity index (χ0) is 19.6. The van der Waals surface area contributed by atoms with E-state index in [-0.39, 0.29) is 39.1 Å². The molecule has 0 spiro atoms. The number of hydrogen-bond acceptors (Lipinski definition) is 4. The van der Waals surface area contributed by atoms with Crippen LogP contribution in [0.5, 0.6) is 11.5 Å². The SMILES string of the molecule is Cc1cc(Cc2ccc(Cl)c(Oc3ccc(Cl)c(C#N)c3)c2F)n[nH]c1=O. The van der Waals surface area contributed by atoms with E-state index in [1.54, 1.807) is 13.0 Å². The molecule has 3 aromatic rings. The smallest absolute Gasteiger partial charge is 0.267 e. The van der Waals surface area contributed by atoms with Crippen LogP contribution < -0.4 is 10.3 Å². The molecule has 1 aromatic heterocycles. The Kier molecular flexibility index (Phi) is 5.45. The molecule has 0 radical (unpaired) electrons. The monoisotopic (exact) mass is 403 g/mol. The summed E-state index contributed by atoms with van der Waals surface area (Å²) in [5, 5.41) is 15.7. The number of ether oxygens (including phenoxy) is 1. The standard InChI is InChI=1S/C19H12Cl2FN3O2/c1-10-6-13(24-25-19(10)26)7-11-2-4-16(21)18(17(11)22)27-14-3-5-15(20)12(8-14)9-23/h2-6,8H,7H2,1H3,(H,25,26). The zero-order valence-electron chi connectivity index (χ0n) is 14.0. The van der Waals surface area contributed by atoms with Crippen LogP contribution >= 0.6 is 23.2 Å². The Hall–Kier alpha value is -2.88. The summed E-state index contributed by atoms with van der Waals surface area (Å²) in [4.78, 5) is 11.4. The highest BCUT2D eigenvalue weighted by Crippen LogP contribution is 2.35. The molecule has 8 heteroatoms. The lowest BCUT2D eigenvalue weighted by molar-refractivity contribution is 0.439. The number of aryl methyl sites for hydroxylation is 1. The Morgan fingerprint density at radius 1 is 1.22 bits per heavy atom. The van der Waals surface area contributed by atoms with Crippen LogP contribution in [0.15, 0.2) is 41.2 Å². The highest BCUT2D eigenvalue weighted by Gasteiger charge is 2.16. The average molecular weight is 404 g/mol. The van der Waals surface area contributed by atoms with Gasteiger partial charge in [-0.15, -0.1) is 0 Å². The molecule has 1 heterocycles. The second-order valence-electron chi connectivity index (χ2n) is 5.75. The van der Waals surface area contributed by atoms with Crippen LogP contribution in [-0.2, 0) is 6.42 Å². The molecule has 0 fully saturated rings. The quantitative estimate of drug-likeness (QED) is 0.679. The molecule has 3 rings (SSSR count). The average Bonchev–Trinajstić information content (AvgIpc) is 2.65. The minimum atomic E-state index is -0.651. The molecule has 2 aromatic carbocycles. The number of rotatable bonds is 4. The molecular formula is C19H12Cl2FN3O2. The molecule has 0 unspecified atom stereocenters. The molecule has 0 aliphatic heterocycles. The summed E-state index contributed by atoms with van der Waals surface area (Å²) in [5.74, 6) is -0.588. The first kappa shape index (κ1) is 18.9. The number of H-pyrrole nitrogens is 1. The topological polar surface area (TPSA) is 78.8 Å². The van der Waals surface area contributed by atoms with Crippen molar-refractivity contribution in [3.8, 4) is 17.6 Å². The maximum absolute atomic E-state index is 14.9. The maximum atomic E-state index is 14.9. The number of aromatic nitrogens is 2. The van der Waals surface area contributed by atoms with E-state index in [0.29, 0.717) is 16.8 Å². The Balaban J connectivity index is 1.95. The van der Waals surface area contributed by atoms with Crippen LogP contribution in [0.4, 0.5) is 4.39 Å². The molecule has 5 nitrogen and oxygen atoms in total. The molecule has 0 saturated heterocycles. The van der Waals surface area contributed by atoms with E-state index in [0.717, 1.165) is 0 Å². The molecule has 1 N–H and O–H groups in total. The van der Waals surface area contributed by atoms with Crippen LogP contribution in [0.1, 0.15) is 22.4 Å². The van der Waals surface area contributed by atoms with Gasteiger partial charge in [-0.05, 0) is 36.8 Å². The molecule has 0 aliphatic rings. The van der Waals surface area contributed by atoms with Gasteiger partial charge in [-0.3, -0.25) is 4.79 Å². The molecular weight excluding hydrogens is 392 g/mol. The molecule has 0 aliphatic carbocycles. The third-order valence-corrected chi connectivity index (χ3v) is 4.45. The molecule has 27 heavy (non-hydrogen) atoms. The summed E-state index contributed by atoms with van der Waals surface area (Å²) in [7, 11) is 0. The van der Waals surface area contributed by atoms with E-state index in [2.05, 4.69) is 10.2 Å². The Bertz CT molecular complexity index is 1120. The minimum Gasteiger partial charge on any atom is -0.453 e. The van der Waals surface area contributed by atoms with Gasteiger partial charge >= 0.3 is 0 Å². The van der Waals surface area contributed by atoms with Crippen LogP contribution in [0.25, 0.3) is 0 Å². The fourth-order valence-corrected chi connectivity index (χ4v) is 2.76. The van der Waals surface area contributed by atoms with Gasteiger partial charge in [0.05, 0.1) is 21.3 Å². The molecule has 0 saturated carbocycles. The van der Waals surface area contributed by atoms with Gasteiger partial charge in [-0.2, -0.15) is 10.4 Å². The minimum absolute atomic E-state index is 0.0790. The van der Waals surface area contributed by atoms with Crippen molar-refractivity contribution in [1.29, 1.82) is 5.26 Å². The summed E-state index contributed by atoms with van der Waals surface area (Å²) >= 11 is 12.0. The molecule has 136 valence electrons. The van der Waals surface area contributed by atoms with E-state index >= 15 is 0 Å². The van der Waals surface area contributed by atoms with E-state index in [1.807, 2.05) is 6.07 Å². The number of nitrogens with zero attached hydrogens (tertiary/aromatic N) is 2. The van der Waals surface area contributed by atoms with Crippen LogP contribution in [-0.4, -0.2) is 10.2 Å². The second-order valence-corrected chi connectivity index (χ2v) is 6.57. The summed E-state index contributed by atoms with van der Waals surface area (Å²) in [6.07, 6.45) is 0.140. The van der Waals surface area contributed by atoms with Gasteiger partial charge in [0.1, 0.15) is 11.8 Å². The highest BCUT2D eigenvalue weighted by molar-refractivity contribution is 6.32. The lowest BCUT2D eigenvalue weighted by atomic mass is 10.1. The fraction of sp³-hybridized carbons (Fsp3) is 0.105. The van der Waals surface area contributed by atoms with Crippen molar-refractivity contribution in [2.75, 3.05) is 0 Å². The fourth-order valence-electron chi connectivity index (χ4n) is 2.42. The van der Waals surface area contributed by atoms with E-state index in [4.69, 9.17) is 33.2 Å². The number of benzene rings is 2. The highest BCUT2D eigenvalue weighted by atomic mass is 35.5. The summed E-state index contributed by atoms with van der Waals surface area (Å²) in [6.45, 7) is 1.64. The van der Waals surface area contributed by atoms with Gasteiger partial charge < -0.3 is 4.74 Å². The maximum Gasteiger partial charge on any atom is 0.267 e. The molecule has 0 bridgehead atoms. The first-order chi connectivity index (χ1) is 12.9. The Morgan fingerprint density at radius 2 is 1.96 bits per heavy atom. The van der Waals surface area contributed by atoms with E-state index < -0.39 is 5.82 Å². The molecule has 0 amide bonds. The largest absolute Gasteiger partial charge is 0.453 e. The zero-order valence-corrected chi connectivity index (χ0v) is 15.5. The van der Waals surface area contributed by atoms with Crippen molar-refractivity contribution >= 4 is 23.2 Å². The summed E-state index contributed by atoms with van der Waals surface area (Å²) in [6, 6.07) is 10.9. The van der Waals surface area contributed by atoms with Gasteiger partial charge in [0.2, 0.25) is 0 Å². The van der Waals surface area contributed by atoms with E-state index in [1.165, 1.54) is 30.3 Å². The van der Waals surface area contributed by atoms with Crippen molar-refractivity contribution in [2.45, 2.75) is 13.3 Å².